The number of nitrogens with two attached hydrogens (primary N) is 6. The van der Waals surface area contributed by atoms with E-state index in [1.807, 2.05) is 74.5 Å². The van der Waals surface area contributed by atoms with E-state index in [0.29, 0.717) is 50.4 Å². The van der Waals surface area contributed by atoms with E-state index < -0.39 is 5.91 Å². The van der Waals surface area contributed by atoms with Gasteiger partial charge in [0.05, 0.1) is 57.3 Å². The fraction of sp³-hybridized carbons (Fsp3) is 0.140. The van der Waals surface area contributed by atoms with E-state index >= 15 is 0 Å². The van der Waals surface area contributed by atoms with Gasteiger partial charge in [-0.1, -0.05) is 34.1 Å². The number of hydrogen-bond acceptors (Lipinski definition) is 13. The third kappa shape index (κ3) is 20.0. The van der Waals surface area contributed by atoms with Crippen molar-refractivity contribution in [3.8, 4) is 24.3 Å². The van der Waals surface area contributed by atoms with E-state index in [-0.39, 0.29) is 63.6 Å². The van der Waals surface area contributed by atoms with Crippen molar-refractivity contribution in [1.82, 2.24) is 5.32 Å². The normalized spacial score (nSPS) is 8.48. The molecule has 2 amide bonds. The van der Waals surface area contributed by atoms with Crippen molar-refractivity contribution < 1.29 is 61.7 Å². The summed E-state index contributed by atoms with van der Waals surface area (Å²) < 4.78 is 1.99. The van der Waals surface area contributed by atoms with Crippen molar-refractivity contribution >= 4 is 72.1 Å². The zero-order valence-corrected chi connectivity index (χ0v) is 41.1. The zero-order valence-electron chi connectivity index (χ0n) is 34.9. The van der Waals surface area contributed by atoms with Crippen molar-refractivity contribution in [2.75, 3.05) is 35.7 Å². The number of para-hydroxylation sites is 1. The van der Waals surface area contributed by atoms with Crippen LogP contribution in [0.25, 0.3) is 0 Å². The summed E-state index contributed by atoms with van der Waals surface area (Å²) in [6, 6.07) is 28.8. The topological polar surface area (TPSA) is 351 Å². The van der Waals surface area contributed by atoms with Gasteiger partial charge in [0.2, 0.25) is 0 Å². The first-order chi connectivity index (χ1) is 27.8. The van der Waals surface area contributed by atoms with E-state index in [1.54, 1.807) is 39.0 Å². The Labute approximate surface area is 412 Å². The predicted molar refractivity (Wildman–Crippen MR) is 241 cm³/mol. The van der Waals surface area contributed by atoms with Gasteiger partial charge >= 0.3 is 46.6 Å². The number of rotatable bonds is 2. The molecule has 0 radical (unpaired) electrons. The van der Waals surface area contributed by atoms with Gasteiger partial charge in [-0.05, 0) is 133 Å². The third-order valence-corrected chi connectivity index (χ3v) is 9.01. The van der Waals surface area contributed by atoms with Crippen LogP contribution < -0.4 is 69.3 Å². The molecule has 320 valence electrons. The molecular weight excluding hydrogens is 979 g/mol. The summed E-state index contributed by atoms with van der Waals surface area (Å²) in [6.07, 6.45) is 0. The van der Waals surface area contributed by atoms with E-state index in [9.17, 15) is 9.59 Å². The molecule has 5 aromatic carbocycles. The number of primary amides is 1. The Morgan fingerprint density at radius 2 is 1.00 bits per heavy atom. The molecule has 0 aliphatic rings. The number of benzene rings is 5. The summed E-state index contributed by atoms with van der Waals surface area (Å²) in [7, 11) is 1.52. The minimum Gasteiger partial charge on any atom is -0.870 e. The Morgan fingerprint density at radius 3 is 1.37 bits per heavy atom. The Balaban J connectivity index is -0.000000335. The molecule has 0 unspecified atom stereocenters. The van der Waals surface area contributed by atoms with Crippen LogP contribution in [-0.4, -0.2) is 24.3 Å². The van der Waals surface area contributed by atoms with Crippen molar-refractivity contribution in [1.29, 1.82) is 26.3 Å². The van der Waals surface area contributed by atoms with Crippen LogP contribution in [0.3, 0.4) is 0 Å². The van der Waals surface area contributed by atoms with Gasteiger partial charge in [-0.2, -0.15) is 21.0 Å². The first-order valence-corrected chi connectivity index (χ1v) is 18.4. The fourth-order valence-electron chi connectivity index (χ4n) is 4.51. The molecule has 0 aliphatic carbocycles. The molecule has 5 rings (SSSR count). The largest absolute Gasteiger partial charge is 1.00 e. The van der Waals surface area contributed by atoms with Gasteiger partial charge < -0.3 is 57.0 Å². The molecule has 0 bridgehead atoms. The van der Waals surface area contributed by atoms with Gasteiger partial charge in [0.1, 0.15) is 6.07 Å². The Bertz CT molecular complexity index is 2460. The molecule has 0 atom stereocenters. The minimum absolute atomic E-state index is 0. The number of carbonyl (C=O) groups excluding carboxylic acids is 2. The van der Waals surface area contributed by atoms with Crippen molar-refractivity contribution in [2.24, 2.45) is 5.73 Å². The van der Waals surface area contributed by atoms with Gasteiger partial charge in [-0.15, -0.1) is 0 Å². The maximum atomic E-state index is 11.4. The van der Waals surface area contributed by atoms with Gasteiger partial charge in [-0.3, -0.25) is 9.59 Å². The monoisotopic (exact) mass is 1020 g/mol. The quantitative estimate of drug-likeness (QED) is 0.0739. The number of nitriles is 4. The Hall–Kier alpha value is -6.07. The summed E-state index contributed by atoms with van der Waals surface area (Å²) in [4.78, 5) is 22.2. The molecule has 0 saturated carbocycles. The molecule has 62 heavy (non-hydrogen) atoms. The van der Waals surface area contributed by atoms with Crippen LogP contribution in [0.1, 0.15) is 70.8 Å². The van der Waals surface area contributed by atoms with Crippen molar-refractivity contribution in [2.45, 2.75) is 34.6 Å². The Morgan fingerprint density at radius 1 is 0.597 bits per heavy atom. The molecule has 0 aliphatic heterocycles. The number of anilines is 5. The standard InChI is InChI=1S/C10H11N3O.C9H9N3O.C9H7N3.C7H7Br2N.C7H9N.CN.Cu.Na.H2O/c1-6-3-7(5-11)4-8(9(6)12)10(14)13-2;1-5-2-6(4-10)3-7(8(5)11)9(12)13;1-6-2-7(4-10)3-8(5-11)9(6)12;1-4-2-5(8)3-6(9)7(4)10;1-6-4-2-3-5-7(6)8;1-2;;;/h3-4H,12H2,1-2H3,(H,13,14);2-3H,11H2,1H3,(H2,12,13);2-3H,12H2,1H3;2-3H,10H2,1H3;2-5H,8H2,1H3;;;;1H2/q;;;;;-1;2*+1;/p-1. The van der Waals surface area contributed by atoms with Crippen LogP contribution in [0, 0.1) is 91.8 Å². The predicted octanol–water partition coefficient (Wildman–Crippen LogP) is 4.28. The number of halogens is 2. The molecule has 14 N–H and O–H groups in total. The molecule has 0 heterocycles. The smallest absolute Gasteiger partial charge is 0.870 e. The first-order valence-electron chi connectivity index (χ1n) is 16.8. The van der Waals surface area contributed by atoms with Crippen LogP contribution in [0.4, 0.5) is 28.4 Å². The number of carbonyl (C=O) groups is 2. The summed E-state index contributed by atoms with van der Waals surface area (Å²) >= 11 is 6.70. The molecule has 0 saturated heterocycles. The van der Waals surface area contributed by atoms with Crippen LogP contribution in [-0.2, 0) is 17.1 Å². The van der Waals surface area contributed by atoms with Crippen LogP contribution in [0.2, 0.25) is 0 Å². The van der Waals surface area contributed by atoms with E-state index in [0.717, 1.165) is 42.6 Å². The summed E-state index contributed by atoms with van der Waals surface area (Å²) in [5.74, 6) is -0.889. The second kappa shape index (κ2) is 31.8. The SMILES string of the molecule is CNC(=O)c1cc(C#N)cc(C)c1N.Cc1cc(Br)cc(Br)c1N.Cc1cc(C#N)cc(C#N)c1N.Cc1cc(C#N)cc(C(N)=O)c1N.Cc1ccccc1N.[C-]#N.[Cu+].[Na+].[OH-]. The summed E-state index contributed by atoms with van der Waals surface area (Å²) in [5.41, 5.74) is 42.7. The van der Waals surface area contributed by atoms with Crippen LogP contribution >= 0.6 is 31.9 Å². The van der Waals surface area contributed by atoms with Crippen molar-refractivity contribution in [3.63, 3.8) is 0 Å². The molecule has 0 spiro atoms. The average molecular weight is 1020 g/mol. The molecular formula is C43H44Br2CuN12NaO3. The van der Waals surface area contributed by atoms with Gasteiger partial charge in [-0.25, -0.2) is 0 Å². The van der Waals surface area contributed by atoms with E-state index in [2.05, 4.69) is 37.2 Å². The second-order valence-corrected chi connectivity index (χ2v) is 13.9. The molecule has 15 nitrogen and oxygen atoms in total. The van der Waals surface area contributed by atoms with Gasteiger partial charge in [0.15, 0.2) is 0 Å². The molecule has 5 aromatic rings. The molecule has 0 fully saturated rings. The van der Waals surface area contributed by atoms with Gasteiger partial charge in [0, 0.05) is 38.7 Å². The molecule has 19 heteroatoms. The fourth-order valence-corrected chi connectivity index (χ4v) is 5.95. The van der Waals surface area contributed by atoms with Crippen LogP contribution in [0.15, 0.2) is 81.7 Å². The second-order valence-electron chi connectivity index (χ2n) is 12.1. The number of amides is 2. The summed E-state index contributed by atoms with van der Waals surface area (Å²) in [5, 5.41) is 43.2. The zero-order chi connectivity index (χ0) is 45.6. The Kier molecular flexibility index (Phi) is 32.1. The summed E-state index contributed by atoms with van der Waals surface area (Å²) in [6.45, 7) is 14.0. The van der Waals surface area contributed by atoms with E-state index in [4.69, 9.17) is 67.3 Å². The molecule has 0 aromatic heterocycles. The minimum atomic E-state index is -0.613. The number of nitrogens with zero attached hydrogens (tertiary/aromatic N) is 5. The van der Waals surface area contributed by atoms with E-state index in [1.165, 1.54) is 25.2 Å². The maximum Gasteiger partial charge on any atom is 1.00 e. The van der Waals surface area contributed by atoms with Crippen molar-refractivity contribution in [3.05, 3.63) is 150 Å². The first kappa shape index (κ1) is 62.6. The van der Waals surface area contributed by atoms with Crippen LogP contribution in [0.5, 0.6) is 0 Å². The number of aryl methyl sites for hydroxylation is 5. The van der Waals surface area contributed by atoms with Gasteiger partial charge in [0.25, 0.3) is 11.8 Å². The number of hydrogen-bond donors (Lipinski definition) is 7. The number of nitrogen functional groups attached to an aromatic ring is 5. The third-order valence-electron chi connectivity index (χ3n) is 7.90. The average Bonchev–Trinajstić information content (AvgIpc) is 3.22. The number of nitrogens with one attached hydrogen (secondary N) is 1. The maximum absolute atomic E-state index is 11.4.